The Morgan fingerprint density at radius 3 is 2.68 bits per heavy atom. The summed E-state index contributed by atoms with van der Waals surface area (Å²) in [5.41, 5.74) is 1.26. The third kappa shape index (κ3) is 5.06. The molecule has 0 atom stereocenters. The molecule has 3 rings (SSSR count). The number of carbonyl (C=O) groups is 1. The van der Waals surface area contributed by atoms with Crippen molar-refractivity contribution in [2.45, 2.75) is 13.5 Å². The lowest BCUT2D eigenvalue weighted by Gasteiger charge is -2.12. The number of benzene rings is 2. The minimum absolute atomic E-state index is 0.0356. The Kier molecular flexibility index (Phi) is 6.56. The molecule has 0 unspecified atom stereocenters. The largest absolute Gasteiger partial charge is 0.507 e. The van der Waals surface area contributed by atoms with Gasteiger partial charge < -0.3 is 30.5 Å². The van der Waals surface area contributed by atoms with E-state index in [9.17, 15) is 9.90 Å². The molecule has 0 radical (unpaired) electrons. The first-order valence-electron chi connectivity index (χ1n) is 9.14. The summed E-state index contributed by atoms with van der Waals surface area (Å²) in [5, 5.41) is 18.8. The topological polar surface area (TPSA) is 104 Å². The summed E-state index contributed by atoms with van der Waals surface area (Å²) in [6, 6.07) is 12.2. The van der Waals surface area contributed by atoms with Crippen molar-refractivity contribution in [1.82, 2.24) is 16.0 Å². The summed E-state index contributed by atoms with van der Waals surface area (Å²) in [7, 11) is 0. The number of aromatic hydroxyl groups is 1. The Bertz CT molecular complexity index is 854. The average molecular weight is 384 g/mol. The van der Waals surface area contributed by atoms with Gasteiger partial charge in [-0.1, -0.05) is 18.2 Å². The quantitative estimate of drug-likeness (QED) is 0.328. The van der Waals surface area contributed by atoms with Crippen LogP contribution in [0.15, 0.2) is 47.5 Å². The molecule has 1 amide bonds. The molecule has 1 aliphatic heterocycles. The predicted octanol–water partition coefficient (Wildman–Crippen LogP) is 1.61. The molecule has 2 aromatic rings. The number of rotatable bonds is 7. The van der Waals surface area contributed by atoms with Gasteiger partial charge in [-0.2, -0.15) is 0 Å². The zero-order valence-electron chi connectivity index (χ0n) is 15.7. The summed E-state index contributed by atoms with van der Waals surface area (Å²) in [5.74, 6) is 1.78. The van der Waals surface area contributed by atoms with Gasteiger partial charge >= 0.3 is 0 Å². The molecule has 28 heavy (non-hydrogen) atoms. The number of para-hydroxylation sites is 1. The summed E-state index contributed by atoms with van der Waals surface area (Å²) < 4.78 is 10.7. The summed E-state index contributed by atoms with van der Waals surface area (Å²) >= 11 is 0. The van der Waals surface area contributed by atoms with Crippen molar-refractivity contribution in [2.24, 2.45) is 4.99 Å². The number of carbonyl (C=O) groups excluding carboxylic acids is 1. The minimum Gasteiger partial charge on any atom is -0.507 e. The molecular weight excluding hydrogens is 360 g/mol. The second-order valence-corrected chi connectivity index (χ2v) is 6.08. The van der Waals surface area contributed by atoms with Crippen LogP contribution in [0.3, 0.4) is 0 Å². The smallest absolute Gasteiger partial charge is 0.255 e. The molecular formula is C20H24N4O4. The number of phenolic OH excluding ortho intramolecular Hbond substituents is 1. The van der Waals surface area contributed by atoms with Crippen LogP contribution in [0.4, 0.5) is 0 Å². The first-order valence-corrected chi connectivity index (χ1v) is 9.14. The highest BCUT2D eigenvalue weighted by atomic mass is 16.7. The summed E-state index contributed by atoms with van der Waals surface area (Å²) in [4.78, 5) is 16.6. The van der Waals surface area contributed by atoms with Crippen molar-refractivity contribution in [1.29, 1.82) is 0 Å². The summed E-state index contributed by atoms with van der Waals surface area (Å²) in [6.45, 7) is 4.32. The van der Waals surface area contributed by atoms with Crippen molar-refractivity contribution >= 4 is 11.9 Å². The fourth-order valence-electron chi connectivity index (χ4n) is 2.67. The van der Waals surface area contributed by atoms with Gasteiger partial charge in [0.25, 0.3) is 5.91 Å². The molecule has 0 saturated heterocycles. The lowest BCUT2D eigenvalue weighted by atomic mass is 10.2. The van der Waals surface area contributed by atoms with Gasteiger partial charge in [0.15, 0.2) is 17.5 Å². The van der Waals surface area contributed by atoms with E-state index >= 15 is 0 Å². The van der Waals surface area contributed by atoms with E-state index in [1.165, 1.54) is 6.07 Å². The Hall–Kier alpha value is -3.42. The molecule has 0 saturated carbocycles. The monoisotopic (exact) mass is 384 g/mol. The third-order valence-electron chi connectivity index (χ3n) is 4.05. The molecule has 2 aromatic carbocycles. The second kappa shape index (κ2) is 9.50. The van der Waals surface area contributed by atoms with Gasteiger partial charge in [0.1, 0.15) is 5.75 Å². The second-order valence-electron chi connectivity index (χ2n) is 6.08. The Morgan fingerprint density at radius 1 is 1.07 bits per heavy atom. The van der Waals surface area contributed by atoms with Gasteiger partial charge in [-0.15, -0.1) is 0 Å². The van der Waals surface area contributed by atoms with Crippen LogP contribution in [0.5, 0.6) is 17.2 Å². The van der Waals surface area contributed by atoms with E-state index in [2.05, 4.69) is 20.9 Å². The van der Waals surface area contributed by atoms with E-state index in [-0.39, 0.29) is 24.0 Å². The van der Waals surface area contributed by atoms with E-state index in [0.29, 0.717) is 25.6 Å². The molecule has 4 N–H and O–H groups in total. The molecule has 0 spiro atoms. The van der Waals surface area contributed by atoms with E-state index in [1.54, 1.807) is 18.2 Å². The lowest BCUT2D eigenvalue weighted by Crippen LogP contribution is -2.41. The van der Waals surface area contributed by atoms with Gasteiger partial charge in [0.05, 0.1) is 12.1 Å². The third-order valence-corrected chi connectivity index (χ3v) is 4.05. The Morgan fingerprint density at radius 2 is 1.86 bits per heavy atom. The Balaban J connectivity index is 1.48. The highest BCUT2D eigenvalue weighted by Crippen LogP contribution is 2.32. The van der Waals surface area contributed by atoms with Crippen LogP contribution in [0.1, 0.15) is 22.8 Å². The molecule has 0 aliphatic carbocycles. The zero-order chi connectivity index (χ0) is 19.8. The number of nitrogens with one attached hydrogen (secondary N) is 3. The maximum atomic E-state index is 12.1. The number of ether oxygens (including phenoxy) is 2. The van der Waals surface area contributed by atoms with E-state index in [4.69, 9.17) is 9.47 Å². The number of hydrogen-bond donors (Lipinski definition) is 4. The first-order chi connectivity index (χ1) is 13.7. The van der Waals surface area contributed by atoms with Crippen molar-refractivity contribution in [2.75, 3.05) is 26.4 Å². The number of phenols is 1. The van der Waals surface area contributed by atoms with Gasteiger partial charge in [0, 0.05) is 19.6 Å². The Labute approximate surface area is 163 Å². The minimum atomic E-state index is -0.317. The number of guanidine groups is 1. The number of amides is 1. The van der Waals surface area contributed by atoms with E-state index < -0.39 is 0 Å². The SMILES string of the molecule is CCNC(=NCc1ccc2c(c1)OCO2)NCCNC(=O)c1ccccc1O. The highest BCUT2D eigenvalue weighted by Gasteiger charge is 2.13. The van der Waals surface area contributed by atoms with Crippen LogP contribution in [0.25, 0.3) is 0 Å². The molecule has 148 valence electrons. The normalized spacial score (nSPS) is 12.5. The van der Waals surface area contributed by atoms with Crippen LogP contribution in [0, 0.1) is 0 Å². The lowest BCUT2D eigenvalue weighted by molar-refractivity contribution is 0.0951. The van der Waals surface area contributed by atoms with Crippen LogP contribution >= 0.6 is 0 Å². The number of hydrogen-bond acceptors (Lipinski definition) is 5. The molecule has 0 bridgehead atoms. The standard InChI is InChI=1S/C20H24N4O4/c1-2-21-20(24-12-14-7-8-17-18(11-14)28-13-27-17)23-10-9-22-19(26)15-5-3-4-6-16(15)25/h3-8,11,25H,2,9-10,12-13H2,1H3,(H,22,26)(H2,21,23,24). The fraction of sp³-hybridized carbons (Fsp3) is 0.300. The first kappa shape index (κ1) is 19.3. The van der Waals surface area contributed by atoms with Crippen molar-refractivity contribution in [3.05, 3.63) is 53.6 Å². The molecule has 1 heterocycles. The van der Waals surface area contributed by atoms with Crippen molar-refractivity contribution in [3.63, 3.8) is 0 Å². The number of fused-ring (bicyclic) bond motifs is 1. The van der Waals surface area contributed by atoms with Crippen LogP contribution in [0.2, 0.25) is 0 Å². The van der Waals surface area contributed by atoms with E-state index in [0.717, 1.165) is 23.6 Å². The number of nitrogens with zero attached hydrogens (tertiary/aromatic N) is 1. The van der Waals surface area contributed by atoms with Gasteiger partial charge in [0.2, 0.25) is 6.79 Å². The maximum Gasteiger partial charge on any atom is 0.255 e. The zero-order valence-corrected chi connectivity index (χ0v) is 15.7. The van der Waals surface area contributed by atoms with Crippen LogP contribution in [-0.2, 0) is 6.54 Å². The highest BCUT2D eigenvalue weighted by molar-refractivity contribution is 5.96. The van der Waals surface area contributed by atoms with Crippen LogP contribution in [-0.4, -0.2) is 43.4 Å². The van der Waals surface area contributed by atoms with Crippen molar-refractivity contribution < 1.29 is 19.4 Å². The average Bonchev–Trinajstić information content (AvgIpc) is 3.17. The van der Waals surface area contributed by atoms with Gasteiger partial charge in [-0.25, -0.2) is 4.99 Å². The molecule has 1 aliphatic rings. The van der Waals surface area contributed by atoms with Gasteiger partial charge in [-0.3, -0.25) is 4.79 Å². The maximum absolute atomic E-state index is 12.1. The number of aliphatic imine (C=N–C) groups is 1. The molecule has 0 fully saturated rings. The van der Waals surface area contributed by atoms with E-state index in [1.807, 2.05) is 25.1 Å². The van der Waals surface area contributed by atoms with Gasteiger partial charge in [-0.05, 0) is 36.8 Å². The molecule has 8 nitrogen and oxygen atoms in total. The molecule has 8 heteroatoms. The fourth-order valence-corrected chi connectivity index (χ4v) is 2.67. The predicted molar refractivity (Wildman–Crippen MR) is 106 cm³/mol. The summed E-state index contributed by atoms with van der Waals surface area (Å²) in [6.07, 6.45) is 0. The van der Waals surface area contributed by atoms with Crippen molar-refractivity contribution in [3.8, 4) is 17.2 Å². The molecule has 0 aromatic heterocycles. The van der Waals surface area contributed by atoms with Crippen LogP contribution < -0.4 is 25.4 Å².